The topological polar surface area (TPSA) is 37.4 Å². The second-order valence-electron chi connectivity index (χ2n) is 5.26. The van der Waals surface area contributed by atoms with Crippen LogP contribution in [0.4, 0.5) is 0 Å². The molecule has 1 amide bonds. The molecule has 0 aromatic rings. The minimum atomic E-state index is -0.314. The molecule has 15 heavy (non-hydrogen) atoms. The standard InChI is InChI=1S/C12H21NO2/c1-12(2,3)10(14)6-7-11(15)13-8-4-5-9-13/h4-9H2,1-3H3. The van der Waals surface area contributed by atoms with E-state index < -0.39 is 0 Å². The van der Waals surface area contributed by atoms with Gasteiger partial charge in [-0.05, 0) is 12.8 Å². The van der Waals surface area contributed by atoms with Gasteiger partial charge >= 0.3 is 0 Å². The van der Waals surface area contributed by atoms with Crippen molar-refractivity contribution in [2.45, 2.75) is 46.5 Å². The molecule has 1 saturated heterocycles. The third-order valence-electron chi connectivity index (χ3n) is 2.86. The van der Waals surface area contributed by atoms with Crippen molar-refractivity contribution in [2.75, 3.05) is 13.1 Å². The Kier molecular flexibility index (Phi) is 3.89. The zero-order valence-corrected chi connectivity index (χ0v) is 10.0. The van der Waals surface area contributed by atoms with Gasteiger partial charge in [0.1, 0.15) is 5.78 Å². The lowest BCUT2D eigenvalue weighted by Gasteiger charge is -2.18. The van der Waals surface area contributed by atoms with Crippen molar-refractivity contribution >= 4 is 11.7 Å². The summed E-state index contributed by atoms with van der Waals surface area (Å²) in [6.45, 7) is 7.45. The fourth-order valence-corrected chi connectivity index (χ4v) is 1.72. The summed E-state index contributed by atoms with van der Waals surface area (Å²) in [4.78, 5) is 25.1. The van der Waals surface area contributed by atoms with Gasteiger partial charge in [0.05, 0.1) is 0 Å². The molecule has 0 N–H and O–H groups in total. The van der Waals surface area contributed by atoms with Crippen LogP contribution in [0.1, 0.15) is 46.5 Å². The van der Waals surface area contributed by atoms with Gasteiger partial charge < -0.3 is 4.90 Å². The molecular weight excluding hydrogens is 190 g/mol. The van der Waals surface area contributed by atoms with E-state index in [9.17, 15) is 9.59 Å². The maximum Gasteiger partial charge on any atom is 0.223 e. The Morgan fingerprint density at radius 3 is 2.07 bits per heavy atom. The Morgan fingerprint density at radius 2 is 1.60 bits per heavy atom. The van der Waals surface area contributed by atoms with Crippen LogP contribution in [0.5, 0.6) is 0 Å². The first kappa shape index (κ1) is 12.2. The summed E-state index contributed by atoms with van der Waals surface area (Å²) in [5.74, 6) is 0.320. The molecule has 1 rings (SSSR count). The molecule has 3 nitrogen and oxygen atoms in total. The number of carbonyl (C=O) groups excluding carboxylic acids is 2. The Bertz CT molecular complexity index is 247. The molecule has 0 spiro atoms. The number of amides is 1. The van der Waals surface area contributed by atoms with Gasteiger partial charge in [0.15, 0.2) is 0 Å². The van der Waals surface area contributed by atoms with Gasteiger partial charge in [0.2, 0.25) is 5.91 Å². The van der Waals surface area contributed by atoms with Gasteiger partial charge in [0, 0.05) is 31.3 Å². The molecule has 0 unspecified atom stereocenters. The number of rotatable bonds is 3. The van der Waals surface area contributed by atoms with Crippen LogP contribution in [-0.2, 0) is 9.59 Å². The number of likely N-dealkylation sites (tertiary alicyclic amines) is 1. The van der Waals surface area contributed by atoms with Gasteiger partial charge in [-0.1, -0.05) is 20.8 Å². The Labute approximate surface area is 91.8 Å². The third kappa shape index (κ3) is 3.65. The van der Waals surface area contributed by atoms with E-state index in [0.29, 0.717) is 12.8 Å². The van der Waals surface area contributed by atoms with E-state index in [2.05, 4.69) is 0 Å². The van der Waals surface area contributed by atoms with E-state index in [0.717, 1.165) is 25.9 Å². The molecule has 0 saturated carbocycles. The highest BCUT2D eigenvalue weighted by Crippen LogP contribution is 2.18. The lowest BCUT2D eigenvalue weighted by atomic mass is 9.88. The van der Waals surface area contributed by atoms with Crippen molar-refractivity contribution in [1.29, 1.82) is 0 Å². The fourth-order valence-electron chi connectivity index (χ4n) is 1.72. The van der Waals surface area contributed by atoms with Crippen LogP contribution in [0.15, 0.2) is 0 Å². The first-order valence-corrected chi connectivity index (χ1v) is 5.72. The van der Waals surface area contributed by atoms with Crippen molar-refractivity contribution in [1.82, 2.24) is 4.90 Å². The van der Waals surface area contributed by atoms with Gasteiger partial charge in [0.25, 0.3) is 0 Å². The number of carbonyl (C=O) groups is 2. The predicted octanol–water partition coefficient (Wildman–Crippen LogP) is 2.00. The number of hydrogen-bond acceptors (Lipinski definition) is 2. The first-order valence-electron chi connectivity index (χ1n) is 5.72. The highest BCUT2D eigenvalue weighted by Gasteiger charge is 2.23. The summed E-state index contributed by atoms with van der Waals surface area (Å²) in [5.41, 5.74) is -0.314. The minimum absolute atomic E-state index is 0.144. The molecule has 0 atom stereocenters. The van der Waals surface area contributed by atoms with Crippen LogP contribution in [0.3, 0.4) is 0 Å². The van der Waals surface area contributed by atoms with Crippen LogP contribution in [0.25, 0.3) is 0 Å². The number of hydrogen-bond donors (Lipinski definition) is 0. The second kappa shape index (κ2) is 4.77. The molecule has 1 fully saturated rings. The van der Waals surface area contributed by atoms with Crippen LogP contribution >= 0.6 is 0 Å². The molecule has 3 heteroatoms. The van der Waals surface area contributed by atoms with E-state index in [4.69, 9.17) is 0 Å². The molecular formula is C12H21NO2. The van der Waals surface area contributed by atoms with Crippen molar-refractivity contribution < 1.29 is 9.59 Å². The van der Waals surface area contributed by atoms with Crippen LogP contribution in [0.2, 0.25) is 0 Å². The Hall–Kier alpha value is -0.860. The normalized spacial score (nSPS) is 16.9. The lowest BCUT2D eigenvalue weighted by molar-refractivity contribution is -0.134. The zero-order valence-electron chi connectivity index (χ0n) is 10.0. The van der Waals surface area contributed by atoms with E-state index in [1.54, 1.807) is 0 Å². The van der Waals surface area contributed by atoms with Crippen molar-refractivity contribution in [2.24, 2.45) is 5.41 Å². The van der Waals surface area contributed by atoms with Crippen molar-refractivity contribution in [3.8, 4) is 0 Å². The van der Waals surface area contributed by atoms with E-state index >= 15 is 0 Å². The molecule has 0 aliphatic carbocycles. The molecule has 0 bridgehead atoms. The molecule has 1 aliphatic rings. The SMILES string of the molecule is CC(C)(C)C(=O)CCC(=O)N1CCCC1. The molecule has 1 heterocycles. The van der Waals surface area contributed by atoms with E-state index in [1.165, 1.54) is 0 Å². The molecule has 0 radical (unpaired) electrons. The molecule has 0 aromatic heterocycles. The quantitative estimate of drug-likeness (QED) is 0.716. The minimum Gasteiger partial charge on any atom is -0.343 e. The molecule has 86 valence electrons. The third-order valence-corrected chi connectivity index (χ3v) is 2.86. The molecule has 0 aromatic carbocycles. The van der Waals surface area contributed by atoms with Gasteiger partial charge in [-0.25, -0.2) is 0 Å². The summed E-state index contributed by atoms with van der Waals surface area (Å²) in [5, 5.41) is 0. The number of nitrogens with zero attached hydrogens (tertiary/aromatic N) is 1. The predicted molar refractivity (Wildman–Crippen MR) is 59.5 cm³/mol. The second-order valence-corrected chi connectivity index (χ2v) is 5.26. The Balaban J connectivity index is 2.30. The van der Waals surface area contributed by atoms with Crippen LogP contribution < -0.4 is 0 Å². The van der Waals surface area contributed by atoms with Crippen LogP contribution in [-0.4, -0.2) is 29.7 Å². The monoisotopic (exact) mass is 211 g/mol. The van der Waals surface area contributed by atoms with Crippen LogP contribution in [0, 0.1) is 5.41 Å². The number of Topliss-reactive ketones (excluding diaryl/α,β-unsaturated/α-hetero) is 1. The summed E-state index contributed by atoms with van der Waals surface area (Å²) in [6.07, 6.45) is 2.99. The van der Waals surface area contributed by atoms with Gasteiger partial charge in [-0.2, -0.15) is 0 Å². The van der Waals surface area contributed by atoms with Gasteiger partial charge in [-0.3, -0.25) is 9.59 Å². The average Bonchev–Trinajstić information content (AvgIpc) is 2.64. The van der Waals surface area contributed by atoms with Crippen molar-refractivity contribution in [3.05, 3.63) is 0 Å². The zero-order chi connectivity index (χ0) is 11.5. The lowest BCUT2D eigenvalue weighted by Crippen LogP contribution is -2.29. The van der Waals surface area contributed by atoms with Crippen molar-refractivity contribution in [3.63, 3.8) is 0 Å². The van der Waals surface area contributed by atoms with E-state index in [1.807, 2.05) is 25.7 Å². The first-order chi connectivity index (χ1) is 6.91. The maximum absolute atomic E-state index is 11.7. The summed E-state index contributed by atoms with van der Waals surface area (Å²) in [7, 11) is 0. The highest BCUT2D eigenvalue weighted by molar-refractivity contribution is 5.88. The summed E-state index contributed by atoms with van der Waals surface area (Å²) in [6, 6.07) is 0. The average molecular weight is 211 g/mol. The number of ketones is 1. The Morgan fingerprint density at radius 1 is 1.07 bits per heavy atom. The summed E-state index contributed by atoms with van der Waals surface area (Å²) < 4.78 is 0. The summed E-state index contributed by atoms with van der Waals surface area (Å²) >= 11 is 0. The highest BCUT2D eigenvalue weighted by atomic mass is 16.2. The smallest absolute Gasteiger partial charge is 0.223 e. The van der Waals surface area contributed by atoms with E-state index in [-0.39, 0.29) is 17.1 Å². The largest absolute Gasteiger partial charge is 0.343 e. The van der Waals surface area contributed by atoms with Gasteiger partial charge in [-0.15, -0.1) is 0 Å². The molecule has 1 aliphatic heterocycles. The fraction of sp³-hybridized carbons (Fsp3) is 0.833. The maximum atomic E-state index is 11.7.